The molecule has 0 saturated heterocycles. The maximum atomic E-state index is 12.7. The summed E-state index contributed by atoms with van der Waals surface area (Å²) in [6.45, 7) is 1.54. The average molecular weight is 178 g/mol. The quantitative estimate of drug-likeness (QED) is 0.589. The zero-order valence-corrected chi connectivity index (χ0v) is 7.22. The van der Waals surface area contributed by atoms with E-state index in [1.165, 1.54) is 0 Å². The summed E-state index contributed by atoms with van der Waals surface area (Å²) in [4.78, 5) is 21.1. The third-order valence-electron chi connectivity index (χ3n) is 1.03. The van der Waals surface area contributed by atoms with Crippen molar-refractivity contribution in [1.29, 1.82) is 0 Å². The lowest BCUT2D eigenvalue weighted by Crippen LogP contribution is -2.30. The molecule has 0 aromatic heterocycles. The summed E-state index contributed by atoms with van der Waals surface area (Å²) >= 11 is 0. The Morgan fingerprint density at radius 1 is 1.42 bits per heavy atom. The number of esters is 2. The second-order valence-corrected chi connectivity index (χ2v) is 2.62. The zero-order valence-electron chi connectivity index (χ0n) is 7.22. The van der Waals surface area contributed by atoms with Crippen molar-refractivity contribution < 1.29 is 23.5 Å². The van der Waals surface area contributed by atoms with Crippen LogP contribution in [0.2, 0.25) is 0 Å². The minimum atomic E-state index is -2.08. The Balaban J connectivity index is 3.81. The van der Waals surface area contributed by atoms with Crippen LogP contribution in [0.5, 0.6) is 0 Å². The van der Waals surface area contributed by atoms with Crippen LogP contribution in [-0.2, 0) is 19.1 Å². The molecule has 0 radical (unpaired) electrons. The minimum Gasteiger partial charge on any atom is -0.466 e. The molecule has 0 fully saturated rings. The molecule has 12 heavy (non-hydrogen) atoms. The molecule has 0 aliphatic carbocycles. The standard InChI is InChI=1S/C7H11FO4/c1-7(2,8)6(10)12-4-5(9)11-3/h4H2,1-3H3. The number of carbonyl (C=O) groups excluding carboxylic acids is 2. The van der Waals surface area contributed by atoms with Gasteiger partial charge in [-0.3, -0.25) is 0 Å². The van der Waals surface area contributed by atoms with E-state index >= 15 is 0 Å². The zero-order chi connectivity index (χ0) is 9.78. The predicted octanol–water partition coefficient (Wildman–Crippen LogP) is 0.451. The first-order valence-corrected chi connectivity index (χ1v) is 3.31. The minimum absolute atomic E-state index is 0.553. The molecule has 0 heterocycles. The van der Waals surface area contributed by atoms with Crippen LogP contribution in [0.3, 0.4) is 0 Å². The summed E-state index contributed by atoms with van der Waals surface area (Å²) in [5, 5.41) is 0. The van der Waals surface area contributed by atoms with Crippen LogP contribution in [0.25, 0.3) is 0 Å². The van der Waals surface area contributed by atoms with Crippen LogP contribution in [0.4, 0.5) is 4.39 Å². The largest absolute Gasteiger partial charge is 0.466 e. The SMILES string of the molecule is COC(=O)COC(=O)C(C)(C)F. The normalized spacial score (nSPS) is 10.7. The predicted molar refractivity (Wildman–Crippen MR) is 38.2 cm³/mol. The Morgan fingerprint density at radius 2 is 1.92 bits per heavy atom. The topological polar surface area (TPSA) is 52.6 Å². The summed E-state index contributed by atoms with van der Waals surface area (Å²) in [6, 6.07) is 0. The van der Waals surface area contributed by atoms with Crippen molar-refractivity contribution in [3.8, 4) is 0 Å². The number of carbonyl (C=O) groups is 2. The van der Waals surface area contributed by atoms with Crippen LogP contribution in [-0.4, -0.2) is 31.3 Å². The average Bonchev–Trinajstić information content (AvgIpc) is 1.97. The summed E-state index contributed by atoms with van der Waals surface area (Å²) < 4.78 is 21.2. The molecular formula is C7H11FO4. The lowest BCUT2D eigenvalue weighted by Gasteiger charge is -2.11. The summed E-state index contributed by atoms with van der Waals surface area (Å²) in [5.74, 6) is -1.79. The Labute approximate surface area is 69.6 Å². The van der Waals surface area contributed by atoms with Crippen molar-refractivity contribution in [1.82, 2.24) is 0 Å². The first kappa shape index (κ1) is 10.9. The fraction of sp³-hybridized carbons (Fsp3) is 0.714. The molecule has 0 bridgehead atoms. The van der Waals surface area contributed by atoms with E-state index in [9.17, 15) is 14.0 Å². The van der Waals surface area contributed by atoms with Crippen molar-refractivity contribution in [2.75, 3.05) is 13.7 Å². The number of rotatable bonds is 3. The van der Waals surface area contributed by atoms with E-state index in [2.05, 4.69) is 9.47 Å². The first-order valence-electron chi connectivity index (χ1n) is 3.31. The molecule has 4 nitrogen and oxygen atoms in total. The molecule has 0 aromatic carbocycles. The summed E-state index contributed by atoms with van der Waals surface area (Å²) in [6.07, 6.45) is 0. The molecule has 0 aliphatic rings. The Hall–Kier alpha value is -1.13. The second-order valence-electron chi connectivity index (χ2n) is 2.62. The van der Waals surface area contributed by atoms with E-state index in [4.69, 9.17) is 0 Å². The molecule has 0 N–H and O–H groups in total. The highest BCUT2D eigenvalue weighted by Gasteiger charge is 2.28. The van der Waals surface area contributed by atoms with Crippen molar-refractivity contribution in [3.63, 3.8) is 0 Å². The maximum Gasteiger partial charge on any atom is 0.344 e. The van der Waals surface area contributed by atoms with E-state index in [1.807, 2.05) is 0 Å². The van der Waals surface area contributed by atoms with E-state index < -0.39 is 24.2 Å². The third-order valence-corrected chi connectivity index (χ3v) is 1.03. The summed E-state index contributed by atoms with van der Waals surface area (Å²) in [7, 11) is 1.15. The van der Waals surface area contributed by atoms with Crippen LogP contribution < -0.4 is 0 Å². The van der Waals surface area contributed by atoms with Crippen molar-refractivity contribution >= 4 is 11.9 Å². The summed E-state index contributed by atoms with van der Waals surface area (Å²) in [5.41, 5.74) is -2.08. The van der Waals surface area contributed by atoms with Crippen LogP contribution in [0.1, 0.15) is 13.8 Å². The van der Waals surface area contributed by atoms with Crippen LogP contribution in [0, 0.1) is 0 Å². The van der Waals surface area contributed by atoms with Gasteiger partial charge in [-0.1, -0.05) is 0 Å². The number of hydrogen-bond acceptors (Lipinski definition) is 4. The highest BCUT2D eigenvalue weighted by atomic mass is 19.1. The molecule has 0 amide bonds. The second kappa shape index (κ2) is 4.04. The highest BCUT2D eigenvalue weighted by Crippen LogP contribution is 2.09. The number of hydrogen-bond donors (Lipinski definition) is 0. The molecule has 0 aliphatic heterocycles. The third kappa shape index (κ3) is 3.90. The van der Waals surface area contributed by atoms with Gasteiger partial charge in [0.15, 0.2) is 6.61 Å². The fourth-order valence-electron chi connectivity index (χ4n) is 0.355. The molecule has 0 atom stereocenters. The monoisotopic (exact) mass is 178 g/mol. The number of halogens is 1. The Kier molecular flexibility index (Phi) is 3.66. The van der Waals surface area contributed by atoms with E-state index in [-0.39, 0.29) is 0 Å². The van der Waals surface area contributed by atoms with E-state index in [0.717, 1.165) is 21.0 Å². The molecule has 70 valence electrons. The molecule has 0 spiro atoms. The molecule has 0 aromatic rings. The van der Waals surface area contributed by atoms with E-state index in [0.29, 0.717) is 0 Å². The highest BCUT2D eigenvalue weighted by molar-refractivity contribution is 5.81. The Bertz CT molecular complexity index is 182. The van der Waals surface area contributed by atoms with Gasteiger partial charge in [0, 0.05) is 0 Å². The number of alkyl halides is 1. The van der Waals surface area contributed by atoms with Gasteiger partial charge >= 0.3 is 11.9 Å². The van der Waals surface area contributed by atoms with Gasteiger partial charge in [-0.05, 0) is 13.8 Å². The van der Waals surface area contributed by atoms with Crippen molar-refractivity contribution in [2.24, 2.45) is 0 Å². The maximum absolute atomic E-state index is 12.7. The molecule has 0 unspecified atom stereocenters. The van der Waals surface area contributed by atoms with Gasteiger partial charge < -0.3 is 9.47 Å². The number of methoxy groups -OCH3 is 1. The van der Waals surface area contributed by atoms with Gasteiger partial charge in [0.2, 0.25) is 5.67 Å². The van der Waals surface area contributed by atoms with Gasteiger partial charge in [-0.25, -0.2) is 14.0 Å². The molecular weight excluding hydrogens is 167 g/mol. The molecule has 0 rings (SSSR count). The Morgan fingerprint density at radius 3 is 2.25 bits per heavy atom. The van der Waals surface area contributed by atoms with Crippen LogP contribution >= 0.6 is 0 Å². The molecule has 5 heteroatoms. The van der Waals surface area contributed by atoms with Gasteiger partial charge in [0.25, 0.3) is 0 Å². The first-order chi connectivity index (χ1) is 5.38. The van der Waals surface area contributed by atoms with Gasteiger partial charge in [0.05, 0.1) is 7.11 Å². The smallest absolute Gasteiger partial charge is 0.344 e. The van der Waals surface area contributed by atoms with E-state index in [1.54, 1.807) is 0 Å². The lowest BCUT2D eigenvalue weighted by molar-refractivity contribution is -0.164. The van der Waals surface area contributed by atoms with Crippen molar-refractivity contribution in [3.05, 3.63) is 0 Å². The van der Waals surface area contributed by atoms with Crippen LogP contribution in [0.15, 0.2) is 0 Å². The van der Waals surface area contributed by atoms with Crippen molar-refractivity contribution in [2.45, 2.75) is 19.5 Å². The lowest BCUT2D eigenvalue weighted by atomic mass is 10.2. The fourth-order valence-corrected chi connectivity index (χ4v) is 0.355. The van der Waals surface area contributed by atoms with Gasteiger partial charge in [-0.2, -0.15) is 0 Å². The number of ether oxygens (including phenoxy) is 2. The molecule has 0 saturated carbocycles. The van der Waals surface area contributed by atoms with Gasteiger partial charge in [0.1, 0.15) is 0 Å². The van der Waals surface area contributed by atoms with Gasteiger partial charge in [-0.15, -0.1) is 0 Å².